The van der Waals surface area contributed by atoms with Crippen molar-refractivity contribution in [1.29, 1.82) is 0 Å². The summed E-state index contributed by atoms with van der Waals surface area (Å²) < 4.78 is 5.37. The Labute approximate surface area is 121 Å². The number of nitrogens with one attached hydrogen (secondary N) is 1. The molecule has 0 saturated heterocycles. The molecule has 0 aliphatic heterocycles. The van der Waals surface area contributed by atoms with Crippen molar-refractivity contribution >= 4 is 28.0 Å². The number of ketones is 1. The average molecular weight is 285 g/mol. The van der Waals surface area contributed by atoms with Crippen LogP contribution in [0.3, 0.4) is 0 Å². The third-order valence-corrected chi connectivity index (χ3v) is 4.67. The maximum Gasteiger partial charge on any atom is 0.205 e. The molecule has 1 N–H and O–H groups in total. The van der Waals surface area contributed by atoms with Crippen LogP contribution in [0.15, 0.2) is 30.5 Å². The zero-order valence-electron chi connectivity index (χ0n) is 11.6. The Morgan fingerprint density at radius 2 is 2.10 bits per heavy atom. The van der Waals surface area contributed by atoms with E-state index in [1.165, 1.54) is 16.2 Å². The second kappa shape index (κ2) is 4.80. The predicted molar refractivity (Wildman–Crippen MR) is 82.1 cm³/mol. The number of ether oxygens (including phenoxy) is 1. The fraction of sp³-hybridized carbons (Fsp3) is 0.188. The molecule has 0 saturated carbocycles. The fourth-order valence-corrected chi connectivity index (χ4v) is 3.31. The fourth-order valence-electron chi connectivity index (χ4n) is 2.32. The number of hydrogen-bond acceptors (Lipinski definition) is 3. The lowest BCUT2D eigenvalue weighted by atomic mass is 10.1. The summed E-state index contributed by atoms with van der Waals surface area (Å²) in [5.74, 6) is 0.763. The molecule has 0 fully saturated rings. The molecule has 0 aliphatic rings. The van der Waals surface area contributed by atoms with Gasteiger partial charge >= 0.3 is 0 Å². The number of fused-ring (bicyclic) bond motifs is 1. The monoisotopic (exact) mass is 285 g/mol. The van der Waals surface area contributed by atoms with Gasteiger partial charge in [-0.15, -0.1) is 11.3 Å². The highest BCUT2D eigenvalue weighted by Crippen LogP contribution is 2.32. The summed E-state index contributed by atoms with van der Waals surface area (Å²) in [6, 6.07) is 7.68. The topological polar surface area (TPSA) is 42.1 Å². The predicted octanol–water partition coefficient (Wildman–Crippen LogP) is 4.09. The molecule has 3 rings (SSSR count). The molecule has 102 valence electrons. The Morgan fingerprint density at radius 3 is 2.75 bits per heavy atom. The van der Waals surface area contributed by atoms with E-state index in [-0.39, 0.29) is 5.78 Å². The first-order valence-electron chi connectivity index (χ1n) is 6.37. The quantitative estimate of drug-likeness (QED) is 0.737. The van der Waals surface area contributed by atoms with Crippen molar-refractivity contribution in [3.8, 4) is 5.75 Å². The summed E-state index contributed by atoms with van der Waals surface area (Å²) in [6.45, 7) is 4.06. The minimum absolute atomic E-state index is 0.0435. The lowest BCUT2D eigenvalue weighted by molar-refractivity contribution is 0.104. The molecule has 0 radical (unpaired) electrons. The SMILES string of the molecule is COc1cccc2[nH]cc(C(=O)c3cc(C)c(C)s3)c12. The maximum atomic E-state index is 12.7. The molecular formula is C16H15NO2S. The van der Waals surface area contributed by atoms with Gasteiger partial charge in [-0.3, -0.25) is 4.79 Å². The van der Waals surface area contributed by atoms with Crippen LogP contribution in [0.4, 0.5) is 0 Å². The van der Waals surface area contributed by atoms with Gasteiger partial charge in [-0.1, -0.05) is 6.07 Å². The number of carbonyl (C=O) groups is 1. The Kier molecular flexibility index (Phi) is 3.10. The molecule has 0 aliphatic carbocycles. The molecule has 20 heavy (non-hydrogen) atoms. The molecule has 4 heteroatoms. The molecule has 3 nitrogen and oxygen atoms in total. The van der Waals surface area contributed by atoms with Crippen molar-refractivity contribution in [3.05, 3.63) is 51.3 Å². The highest BCUT2D eigenvalue weighted by molar-refractivity contribution is 7.14. The van der Waals surface area contributed by atoms with Crippen molar-refractivity contribution in [2.24, 2.45) is 0 Å². The Morgan fingerprint density at radius 1 is 1.30 bits per heavy atom. The van der Waals surface area contributed by atoms with E-state index in [9.17, 15) is 4.79 Å². The van der Waals surface area contributed by atoms with Crippen LogP contribution >= 0.6 is 11.3 Å². The first kappa shape index (κ1) is 12.9. The molecule has 2 heterocycles. The molecule has 3 aromatic rings. The van der Waals surface area contributed by atoms with Crippen LogP contribution in [0.5, 0.6) is 5.75 Å². The molecule has 0 unspecified atom stereocenters. The highest BCUT2D eigenvalue weighted by atomic mass is 32.1. The molecule has 0 bridgehead atoms. The second-order valence-electron chi connectivity index (χ2n) is 4.76. The van der Waals surface area contributed by atoms with Crippen molar-refractivity contribution in [2.75, 3.05) is 7.11 Å². The normalized spacial score (nSPS) is 10.9. The number of aromatic nitrogens is 1. The lowest BCUT2D eigenvalue weighted by Crippen LogP contribution is -1.98. The van der Waals surface area contributed by atoms with Crippen molar-refractivity contribution in [3.63, 3.8) is 0 Å². The number of aromatic amines is 1. The summed E-state index contributed by atoms with van der Waals surface area (Å²) in [6.07, 6.45) is 1.76. The van der Waals surface area contributed by atoms with Gasteiger partial charge in [0.25, 0.3) is 0 Å². The van der Waals surface area contributed by atoms with Gasteiger partial charge in [0.1, 0.15) is 5.75 Å². The summed E-state index contributed by atoms with van der Waals surface area (Å²) in [7, 11) is 1.62. The van der Waals surface area contributed by atoms with Crippen molar-refractivity contribution < 1.29 is 9.53 Å². The van der Waals surface area contributed by atoms with E-state index >= 15 is 0 Å². The van der Waals surface area contributed by atoms with Gasteiger partial charge in [0.2, 0.25) is 5.78 Å². The highest BCUT2D eigenvalue weighted by Gasteiger charge is 2.19. The molecule has 0 spiro atoms. The molecule has 2 aromatic heterocycles. The summed E-state index contributed by atoms with van der Waals surface area (Å²) in [5.41, 5.74) is 2.74. The van der Waals surface area contributed by atoms with Gasteiger partial charge in [-0.25, -0.2) is 0 Å². The number of aryl methyl sites for hydroxylation is 2. The smallest absolute Gasteiger partial charge is 0.205 e. The van der Waals surface area contributed by atoms with Crippen LogP contribution in [0.25, 0.3) is 10.9 Å². The van der Waals surface area contributed by atoms with Crippen LogP contribution in [0, 0.1) is 13.8 Å². The van der Waals surface area contributed by atoms with Crippen LogP contribution in [0.2, 0.25) is 0 Å². The van der Waals surface area contributed by atoms with Crippen molar-refractivity contribution in [2.45, 2.75) is 13.8 Å². The molecule has 1 aromatic carbocycles. The van der Waals surface area contributed by atoms with Crippen LogP contribution in [0.1, 0.15) is 25.7 Å². The summed E-state index contributed by atoms with van der Waals surface area (Å²) in [5, 5.41) is 0.851. The standard InChI is InChI=1S/C16H15NO2S/c1-9-7-14(20-10(9)2)16(18)11-8-17-12-5-4-6-13(19-3)15(11)12/h4-8,17H,1-3H3. The van der Waals surface area contributed by atoms with Gasteiger partial charge in [-0.2, -0.15) is 0 Å². The number of rotatable bonds is 3. The van der Waals surface area contributed by atoms with Gasteiger partial charge in [0.05, 0.1) is 22.9 Å². The van der Waals surface area contributed by atoms with E-state index in [0.29, 0.717) is 5.56 Å². The third kappa shape index (κ3) is 1.93. The Hall–Kier alpha value is -2.07. The number of thiophene rings is 1. The van der Waals surface area contributed by atoms with E-state index in [4.69, 9.17) is 4.74 Å². The van der Waals surface area contributed by atoms with Gasteiger partial charge in [0.15, 0.2) is 0 Å². The first-order chi connectivity index (χ1) is 9.61. The third-order valence-electron chi connectivity index (χ3n) is 3.52. The number of carbonyl (C=O) groups excluding carboxylic acids is 1. The van der Waals surface area contributed by atoms with Gasteiger partial charge in [-0.05, 0) is 37.6 Å². The lowest BCUT2D eigenvalue weighted by Gasteiger charge is -2.03. The largest absolute Gasteiger partial charge is 0.496 e. The molecule has 0 atom stereocenters. The zero-order valence-corrected chi connectivity index (χ0v) is 12.4. The van der Waals surface area contributed by atoms with Crippen molar-refractivity contribution in [1.82, 2.24) is 4.98 Å². The number of H-pyrrole nitrogens is 1. The molecular weight excluding hydrogens is 270 g/mol. The minimum atomic E-state index is 0.0435. The summed E-state index contributed by atoms with van der Waals surface area (Å²) in [4.78, 5) is 17.8. The average Bonchev–Trinajstić information content (AvgIpc) is 3.02. The maximum absolute atomic E-state index is 12.7. The van der Waals surface area contributed by atoms with Gasteiger partial charge in [0, 0.05) is 16.6 Å². The van der Waals surface area contributed by atoms with Crippen LogP contribution in [-0.4, -0.2) is 17.9 Å². The van der Waals surface area contributed by atoms with Crippen LogP contribution in [-0.2, 0) is 0 Å². The number of methoxy groups -OCH3 is 1. The minimum Gasteiger partial charge on any atom is -0.496 e. The van der Waals surface area contributed by atoms with Gasteiger partial charge < -0.3 is 9.72 Å². The summed E-state index contributed by atoms with van der Waals surface area (Å²) >= 11 is 1.54. The van der Waals surface area contributed by atoms with E-state index < -0.39 is 0 Å². The van der Waals surface area contributed by atoms with E-state index in [2.05, 4.69) is 4.98 Å². The Balaban J connectivity index is 2.17. The first-order valence-corrected chi connectivity index (χ1v) is 7.19. The zero-order chi connectivity index (χ0) is 14.3. The number of hydrogen-bond donors (Lipinski definition) is 1. The second-order valence-corrected chi connectivity index (χ2v) is 6.02. The van der Waals surface area contributed by atoms with Crippen LogP contribution < -0.4 is 4.74 Å². The number of benzene rings is 1. The van der Waals surface area contributed by atoms with E-state index in [0.717, 1.165) is 27.1 Å². The molecule has 0 amide bonds. The van der Waals surface area contributed by atoms with E-state index in [1.54, 1.807) is 13.3 Å². The Bertz CT molecular complexity index is 779. The van der Waals surface area contributed by atoms with E-state index in [1.807, 2.05) is 38.1 Å².